The molecule has 1 heterocycles. The number of hydrogen-bond donors (Lipinski definition) is 1. The zero-order valence-corrected chi connectivity index (χ0v) is 32.5. The Balaban J connectivity index is 2.02. The van der Waals surface area contributed by atoms with Crippen LogP contribution in [-0.2, 0) is 43.3 Å². The monoisotopic (exact) mass is 700 g/mol. The minimum Gasteiger partial charge on any atom is -0.380 e. The summed E-state index contributed by atoms with van der Waals surface area (Å²) in [4.78, 5) is 47.4. The quantitative estimate of drug-likeness (QED) is 0.0337. The molecule has 1 unspecified atom stereocenters. The number of hydrogen-bond acceptors (Lipinski definition) is 10. The Hall–Kier alpha value is -1.30. The van der Waals surface area contributed by atoms with E-state index in [-0.39, 0.29) is 30.4 Å². The maximum absolute atomic E-state index is 13.8. The van der Waals surface area contributed by atoms with Crippen LogP contribution < -0.4 is 5.32 Å². The highest BCUT2D eigenvalue weighted by Crippen LogP contribution is 2.47. The molecule has 1 saturated heterocycles. The SMILES string of the molecule is CCC(CC)OOC(=O)CCCCCC(CCCCC(OC(CC)CC)(OC(CC)CC)C(=O)OOC(CC)CC)NC1CC2(COC2)C1. The van der Waals surface area contributed by atoms with Gasteiger partial charge in [-0.1, -0.05) is 74.7 Å². The molecule has 49 heavy (non-hydrogen) atoms. The van der Waals surface area contributed by atoms with E-state index in [1.165, 1.54) is 12.8 Å². The minimum atomic E-state index is -1.51. The highest BCUT2D eigenvalue weighted by atomic mass is 17.2. The smallest absolute Gasteiger partial charge is 0.380 e. The van der Waals surface area contributed by atoms with Crippen molar-refractivity contribution in [3.8, 4) is 0 Å². The predicted molar refractivity (Wildman–Crippen MR) is 191 cm³/mol. The second-order valence-corrected chi connectivity index (χ2v) is 14.6. The fourth-order valence-corrected chi connectivity index (χ4v) is 6.94. The second-order valence-electron chi connectivity index (χ2n) is 14.6. The van der Waals surface area contributed by atoms with Crippen LogP contribution in [0.15, 0.2) is 0 Å². The minimum absolute atomic E-state index is 0.0379. The number of nitrogens with one attached hydrogen (secondary N) is 1. The van der Waals surface area contributed by atoms with Crippen LogP contribution in [0.1, 0.15) is 177 Å². The summed E-state index contributed by atoms with van der Waals surface area (Å²) in [5, 5.41) is 3.95. The third-order valence-electron chi connectivity index (χ3n) is 10.6. The van der Waals surface area contributed by atoms with E-state index in [0.29, 0.717) is 30.3 Å². The van der Waals surface area contributed by atoms with Gasteiger partial charge in [0.05, 0.1) is 25.4 Å². The summed E-state index contributed by atoms with van der Waals surface area (Å²) in [6.07, 6.45) is 15.3. The second kappa shape index (κ2) is 24.0. The van der Waals surface area contributed by atoms with E-state index >= 15 is 0 Å². The number of rotatable bonds is 30. The molecule has 2 rings (SSSR count). The first-order chi connectivity index (χ1) is 23.6. The van der Waals surface area contributed by atoms with E-state index in [1.807, 2.05) is 27.7 Å². The Kier molecular flexibility index (Phi) is 21.5. The van der Waals surface area contributed by atoms with E-state index in [0.717, 1.165) is 110 Å². The van der Waals surface area contributed by atoms with Crippen LogP contribution >= 0.6 is 0 Å². The summed E-state index contributed by atoms with van der Waals surface area (Å²) in [6.45, 7) is 18.1. The highest BCUT2D eigenvalue weighted by Gasteiger charge is 2.50. The maximum atomic E-state index is 13.8. The topological polar surface area (TPSA) is 111 Å². The van der Waals surface area contributed by atoms with Crippen molar-refractivity contribution in [2.24, 2.45) is 5.41 Å². The Labute approximate surface area is 298 Å². The molecule has 0 radical (unpaired) electrons. The van der Waals surface area contributed by atoms with Crippen molar-refractivity contribution >= 4 is 11.9 Å². The fourth-order valence-electron chi connectivity index (χ4n) is 6.94. The fraction of sp³-hybridized carbons (Fsp3) is 0.949. The van der Waals surface area contributed by atoms with E-state index in [2.05, 4.69) is 33.0 Å². The lowest BCUT2D eigenvalue weighted by Gasteiger charge is -2.54. The average Bonchev–Trinajstić information content (AvgIpc) is 3.08. The van der Waals surface area contributed by atoms with Crippen molar-refractivity contribution < 1.29 is 43.3 Å². The molecule has 2 aliphatic rings. The number of ether oxygens (including phenoxy) is 3. The lowest BCUT2D eigenvalue weighted by molar-refractivity contribution is -0.345. The Bertz CT molecular complexity index is 860. The first-order valence-electron chi connectivity index (χ1n) is 20.1. The van der Waals surface area contributed by atoms with Gasteiger partial charge < -0.3 is 19.5 Å². The summed E-state index contributed by atoms with van der Waals surface area (Å²) in [5.41, 5.74) is 0.397. The molecule has 10 heteroatoms. The van der Waals surface area contributed by atoms with Gasteiger partial charge in [0.15, 0.2) is 0 Å². The van der Waals surface area contributed by atoms with Crippen LogP contribution in [0.5, 0.6) is 0 Å². The van der Waals surface area contributed by atoms with E-state index < -0.39 is 11.8 Å². The molecule has 1 N–H and O–H groups in total. The van der Waals surface area contributed by atoms with Crippen molar-refractivity contribution in [1.29, 1.82) is 0 Å². The molecule has 1 saturated carbocycles. The Morgan fingerprint density at radius 2 is 1.16 bits per heavy atom. The zero-order chi connectivity index (χ0) is 36.1. The highest BCUT2D eigenvalue weighted by molar-refractivity contribution is 5.77. The molecular weight excluding hydrogens is 626 g/mol. The van der Waals surface area contributed by atoms with Crippen molar-refractivity contribution in [3.05, 3.63) is 0 Å². The molecule has 0 aromatic heterocycles. The molecule has 2 fully saturated rings. The Morgan fingerprint density at radius 3 is 1.63 bits per heavy atom. The molecule has 0 aromatic rings. The van der Waals surface area contributed by atoms with Gasteiger partial charge in [0.2, 0.25) is 0 Å². The van der Waals surface area contributed by atoms with Gasteiger partial charge in [-0.25, -0.2) is 9.59 Å². The first kappa shape index (κ1) is 43.9. The third kappa shape index (κ3) is 15.1. The van der Waals surface area contributed by atoms with Gasteiger partial charge in [0.25, 0.3) is 5.79 Å². The summed E-state index contributed by atoms with van der Waals surface area (Å²) < 4.78 is 18.7. The molecule has 0 bridgehead atoms. The molecule has 1 spiro atoms. The largest absolute Gasteiger partial charge is 0.401 e. The van der Waals surface area contributed by atoms with Gasteiger partial charge in [0.1, 0.15) is 12.2 Å². The molecule has 1 aliphatic carbocycles. The molecule has 1 aliphatic heterocycles. The summed E-state index contributed by atoms with van der Waals surface area (Å²) in [5.74, 6) is -2.39. The third-order valence-corrected chi connectivity index (χ3v) is 10.6. The van der Waals surface area contributed by atoms with Crippen molar-refractivity contribution in [3.63, 3.8) is 0 Å². The van der Waals surface area contributed by atoms with Gasteiger partial charge in [-0.2, -0.15) is 9.78 Å². The molecule has 288 valence electrons. The summed E-state index contributed by atoms with van der Waals surface area (Å²) >= 11 is 0. The number of unbranched alkanes of at least 4 members (excludes halogenated alkanes) is 3. The van der Waals surface area contributed by atoms with Gasteiger partial charge >= 0.3 is 11.9 Å². The van der Waals surface area contributed by atoms with Crippen LogP contribution in [0.3, 0.4) is 0 Å². The standard InChI is InChI=1S/C39H73NO9/c1-9-32(10-2)44-39(45-33(11-3)12-4,37(42)49-47-35(15-7)16-8)25-21-20-23-30(40-31-26-38(27-31)28-43-29-38)22-18-17-19-24-36(41)48-46-34(13-5)14-6/h30-35,40H,9-29H2,1-8H3. The van der Waals surface area contributed by atoms with Crippen molar-refractivity contribution in [2.45, 2.75) is 220 Å². The normalized spacial score (nSPS) is 16.8. The number of carbonyl (C=O) groups is 2. The van der Waals surface area contributed by atoms with E-state index in [9.17, 15) is 9.59 Å². The Morgan fingerprint density at radius 1 is 0.673 bits per heavy atom. The lowest BCUT2D eigenvalue weighted by atomic mass is 9.64. The van der Waals surface area contributed by atoms with E-state index in [4.69, 9.17) is 33.8 Å². The van der Waals surface area contributed by atoms with Crippen LogP contribution in [0.2, 0.25) is 0 Å². The van der Waals surface area contributed by atoms with Crippen LogP contribution in [0, 0.1) is 5.41 Å². The summed E-state index contributed by atoms with van der Waals surface area (Å²) in [6, 6.07) is 0.867. The predicted octanol–water partition coefficient (Wildman–Crippen LogP) is 9.07. The zero-order valence-electron chi connectivity index (χ0n) is 32.5. The number of carbonyl (C=O) groups excluding carboxylic acids is 2. The lowest BCUT2D eigenvalue weighted by Crippen LogP contribution is -2.60. The van der Waals surface area contributed by atoms with Crippen LogP contribution in [0.4, 0.5) is 0 Å². The van der Waals surface area contributed by atoms with Crippen molar-refractivity contribution in [1.82, 2.24) is 5.32 Å². The van der Waals surface area contributed by atoms with Crippen LogP contribution in [0.25, 0.3) is 0 Å². The van der Waals surface area contributed by atoms with E-state index in [1.54, 1.807) is 0 Å². The average molecular weight is 700 g/mol. The first-order valence-corrected chi connectivity index (χ1v) is 20.1. The van der Waals surface area contributed by atoms with Gasteiger partial charge in [-0.15, -0.1) is 0 Å². The maximum Gasteiger partial charge on any atom is 0.401 e. The van der Waals surface area contributed by atoms with Gasteiger partial charge in [-0.3, -0.25) is 9.78 Å². The molecule has 0 aromatic carbocycles. The molecular formula is C39H73NO9. The molecule has 10 nitrogen and oxygen atoms in total. The van der Waals surface area contributed by atoms with Gasteiger partial charge in [0, 0.05) is 30.3 Å². The van der Waals surface area contributed by atoms with Gasteiger partial charge in [-0.05, 0) is 89.9 Å². The van der Waals surface area contributed by atoms with Crippen molar-refractivity contribution in [2.75, 3.05) is 13.2 Å². The molecule has 1 atom stereocenters. The molecule has 0 amide bonds. The van der Waals surface area contributed by atoms with Crippen LogP contribution in [-0.4, -0.2) is 67.4 Å². The summed E-state index contributed by atoms with van der Waals surface area (Å²) in [7, 11) is 0.